The largest absolute Gasteiger partial charge is 0.486 e. The van der Waals surface area contributed by atoms with E-state index in [1.165, 1.54) is 0 Å². The molecule has 0 saturated carbocycles. The highest BCUT2D eigenvalue weighted by Gasteiger charge is 2.12. The average molecular weight is 367 g/mol. The van der Waals surface area contributed by atoms with Gasteiger partial charge in [0.15, 0.2) is 5.76 Å². The van der Waals surface area contributed by atoms with Crippen LogP contribution in [0.4, 0.5) is 0 Å². The summed E-state index contributed by atoms with van der Waals surface area (Å²) in [6, 6.07) is 11.1. The van der Waals surface area contributed by atoms with Crippen molar-refractivity contribution in [3.05, 3.63) is 52.4 Å². The lowest BCUT2D eigenvalue weighted by molar-refractivity contribution is 0.0918. The van der Waals surface area contributed by atoms with Gasteiger partial charge in [0, 0.05) is 17.1 Å². The van der Waals surface area contributed by atoms with Crippen molar-refractivity contribution in [2.45, 2.75) is 19.6 Å². The van der Waals surface area contributed by atoms with Crippen LogP contribution >= 0.6 is 15.9 Å². The molecule has 1 aromatic carbocycles. The fourth-order valence-electron chi connectivity index (χ4n) is 1.70. The van der Waals surface area contributed by atoms with Gasteiger partial charge in [-0.2, -0.15) is 0 Å². The molecule has 0 aliphatic heterocycles. The van der Waals surface area contributed by atoms with Gasteiger partial charge in [-0.25, -0.2) is 0 Å². The van der Waals surface area contributed by atoms with Gasteiger partial charge < -0.3 is 19.8 Å². The topological polar surface area (TPSA) is 63.5 Å². The van der Waals surface area contributed by atoms with Crippen LogP contribution in [0.25, 0.3) is 0 Å². The fraction of sp³-hybridized carbons (Fsp3) is 0.312. The van der Waals surface area contributed by atoms with Crippen LogP contribution in [0, 0.1) is 0 Å². The highest BCUT2D eigenvalue weighted by Crippen LogP contribution is 2.18. The second kappa shape index (κ2) is 8.00. The highest BCUT2D eigenvalue weighted by atomic mass is 79.9. The number of ether oxygens (including phenoxy) is 1. The minimum Gasteiger partial charge on any atom is -0.486 e. The van der Waals surface area contributed by atoms with Crippen LogP contribution < -0.4 is 15.4 Å². The molecular formula is C16H19BrN2O3. The number of nitrogens with one attached hydrogen (secondary N) is 2. The normalized spacial score (nSPS) is 12.0. The van der Waals surface area contributed by atoms with Gasteiger partial charge in [0.2, 0.25) is 0 Å². The molecular weight excluding hydrogens is 348 g/mol. The number of halogens is 1. The summed E-state index contributed by atoms with van der Waals surface area (Å²) in [4.78, 5) is 11.9. The third-order valence-corrected chi connectivity index (χ3v) is 3.67. The summed E-state index contributed by atoms with van der Waals surface area (Å²) in [5, 5.41) is 5.85. The first kappa shape index (κ1) is 16.6. The molecule has 0 aliphatic carbocycles. The molecule has 118 valence electrons. The molecule has 6 heteroatoms. The maximum Gasteiger partial charge on any atom is 0.287 e. The molecule has 1 aromatic heterocycles. The van der Waals surface area contributed by atoms with Gasteiger partial charge in [0.25, 0.3) is 5.91 Å². The Morgan fingerprint density at radius 3 is 2.68 bits per heavy atom. The van der Waals surface area contributed by atoms with Crippen molar-refractivity contribution in [2.75, 3.05) is 13.6 Å². The maximum atomic E-state index is 11.9. The quantitative estimate of drug-likeness (QED) is 0.790. The first-order valence-electron chi connectivity index (χ1n) is 7.01. The van der Waals surface area contributed by atoms with Crippen LogP contribution in [0.1, 0.15) is 23.2 Å². The van der Waals surface area contributed by atoms with E-state index in [1.807, 2.05) is 38.2 Å². The minimum absolute atomic E-state index is 0.208. The summed E-state index contributed by atoms with van der Waals surface area (Å²) < 4.78 is 12.1. The lowest BCUT2D eigenvalue weighted by Crippen LogP contribution is -2.37. The number of carbonyl (C=O) groups is 1. The zero-order valence-electron chi connectivity index (χ0n) is 12.6. The van der Waals surface area contributed by atoms with Crippen LogP contribution in [0.15, 0.2) is 45.3 Å². The number of amides is 1. The van der Waals surface area contributed by atoms with Crippen molar-refractivity contribution >= 4 is 21.8 Å². The predicted octanol–water partition coefficient (Wildman–Crippen LogP) is 2.96. The van der Waals surface area contributed by atoms with Gasteiger partial charge in [-0.3, -0.25) is 4.79 Å². The lowest BCUT2D eigenvalue weighted by Gasteiger charge is -2.10. The highest BCUT2D eigenvalue weighted by molar-refractivity contribution is 9.10. The van der Waals surface area contributed by atoms with E-state index in [1.54, 1.807) is 12.1 Å². The van der Waals surface area contributed by atoms with E-state index in [4.69, 9.17) is 9.15 Å². The van der Waals surface area contributed by atoms with Crippen molar-refractivity contribution in [3.63, 3.8) is 0 Å². The van der Waals surface area contributed by atoms with Gasteiger partial charge in [-0.1, -0.05) is 15.9 Å². The van der Waals surface area contributed by atoms with Crippen molar-refractivity contribution in [2.24, 2.45) is 0 Å². The molecule has 1 amide bonds. The number of hydrogen-bond acceptors (Lipinski definition) is 4. The molecule has 5 nitrogen and oxygen atoms in total. The number of likely N-dealkylation sites (N-methyl/N-ethyl adjacent to an activating group) is 1. The van der Waals surface area contributed by atoms with Crippen molar-refractivity contribution in [1.29, 1.82) is 0 Å². The number of carbonyl (C=O) groups excluding carboxylic acids is 1. The number of furan rings is 1. The van der Waals surface area contributed by atoms with Crippen molar-refractivity contribution in [1.82, 2.24) is 10.6 Å². The molecule has 2 rings (SSSR count). The first-order valence-corrected chi connectivity index (χ1v) is 7.80. The van der Waals surface area contributed by atoms with Gasteiger partial charge in [-0.05, 0) is 50.4 Å². The Hall–Kier alpha value is -1.79. The number of rotatable bonds is 7. The first-order chi connectivity index (χ1) is 10.6. The average Bonchev–Trinajstić information content (AvgIpc) is 3.00. The molecule has 2 aromatic rings. The van der Waals surface area contributed by atoms with Gasteiger partial charge in [0.1, 0.15) is 18.1 Å². The Kier molecular flexibility index (Phi) is 6.03. The fourth-order valence-corrected chi connectivity index (χ4v) is 1.96. The zero-order chi connectivity index (χ0) is 15.9. The van der Waals surface area contributed by atoms with Crippen molar-refractivity contribution in [3.8, 4) is 5.75 Å². The Labute approximate surface area is 138 Å². The SMILES string of the molecule is CNC(C)CNC(=O)c1ccc(COc2ccc(Br)cc2)o1. The lowest BCUT2D eigenvalue weighted by atomic mass is 10.3. The molecule has 1 atom stereocenters. The van der Waals surface area contributed by atoms with E-state index in [-0.39, 0.29) is 24.3 Å². The van der Waals surface area contributed by atoms with Crippen LogP contribution in [-0.4, -0.2) is 25.5 Å². The summed E-state index contributed by atoms with van der Waals surface area (Å²) in [5.74, 6) is 1.41. The summed E-state index contributed by atoms with van der Waals surface area (Å²) in [6.07, 6.45) is 0. The number of benzene rings is 1. The third kappa shape index (κ3) is 4.89. The monoisotopic (exact) mass is 366 g/mol. The Balaban J connectivity index is 1.85. The summed E-state index contributed by atoms with van der Waals surface area (Å²) in [6.45, 7) is 2.81. The molecule has 0 spiro atoms. The molecule has 0 aliphatic rings. The Morgan fingerprint density at radius 1 is 1.27 bits per heavy atom. The van der Waals surface area contributed by atoms with E-state index in [0.717, 1.165) is 10.2 Å². The van der Waals surface area contributed by atoms with Gasteiger partial charge >= 0.3 is 0 Å². The minimum atomic E-state index is -0.225. The Bertz CT molecular complexity index is 610. The van der Waals surface area contributed by atoms with Crippen LogP contribution in [0.2, 0.25) is 0 Å². The van der Waals surface area contributed by atoms with E-state index in [2.05, 4.69) is 26.6 Å². The molecule has 1 heterocycles. The summed E-state index contributed by atoms with van der Waals surface area (Å²) in [7, 11) is 1.85. The van der Waals surface area contributed by atoms with E-state index >= 15 is 0 Å². The molecule has 0 fully saturated rings. The second-order valence-corrected chi connectivity index (χ2v) is 5.82. The van der Waals surface area contributed by atoms with E-state index in [9.17, 15) is 4.79 Å². The van der Waals surface area contributed by atoms with Gasteiger partial charge in [0.05, 0.1) is 0 Å². The molecule has 22 heavy (non-hydrogen) atoms. The molecule has 1 unspecified atom stereocenters. The molecule has 0 bridgehead atoms. The van der Waals surface area contributed by atoms with E-state index in [0.29, 0.717) is 12.3 Å². The summed E-state index contributed by atoms with van der Waals surface area (Å²) >= 11 is 3.37. The maximum absolute atomic E-state index is 11.9. The van der Waals surface area contributed by atoms with E-state index < -0.39 is 0 Å². The Morgan fingerprint density at radius 2 is 2.00 bits per heavy atom. The zero-order valence-corrected chi connectivity index (χ0v) is 14.1. The standard InChI is InChI=1S/C16H19BrN2O3/c1-11(18-2)9-19-16(20)15-8-7-14(22-15)10-21-13-5-3-12(17)4-6-13/h3-8,11,18H,9-10H2,1-2H3,(H,19,20). The van der Waals surface area contributed by atoms with Gasteiger partial charge in [-0.15, -0.1) is 0 Å². The van der Waals surface area contributed by atoms with Crippen LogP contribution in [0.5, 0.6) is 5.75 Å². The smallest absolute Gasteiger partial charge is 0.287 e. The van der Waals surface area contributed by atoms with Crippen LogP contribution in [-0.2, 0) is 6.61 Å². The third-order valence-electron chi connectivity index (χ3n) is 3.14. The molecule has 2 N–H and O–H groups in total. The second-order valence-electron chi connectivity index (χ2n) is 4.91. The predicted molar refractivity (Wildman–Crippen MR) is 88.0 cm³/mol. The molecule has 0 saturated heterocycles. The number of hydrogen-bond donors (Lipinski definition) is 2. The van der Waals surface area contributed by atoms with Crippen molar-refractivity contribution < 1.29 is 13.9 Å². The molecule has 0 radical (unpaired) electrons. The van der Waals surface area contributed by atoms with Crippen LogP contribution in [0.3, 0.4) is 0 Å². The summed E-state index contributed by atoms with van der Waals surface area (Å²) in [5.41, 5.74) is 0.